The van der Waals surface area contributed by atoms with Crippen LogP contribution in [0.15, 0.2) is 30.6 Å². The van der Waals surface area contributed by atoms with Gasteiger partial charge in [0.05, 0.1) is 23.6 Å². The zero-order valence-corrected chi connectivity index (χ0v) is 17.7. The molecule has 150 valence electrons. The van der Waals surface area contributed by atoms with E-state index < -0.39 is 0 Å². The highest BCUT2D eigenvalue weighted by Gasteiger charge is 2.19. The quantitative estimate of drug-likeness (QED) is 0.651. The van der Waals surface area contributed by atoms with Crippen LogP contribution in [0.3, 0.4) is 0 Å². The minimum atomic E-state index is -0.102. The van der Waals surface area contributed by atoms with Crippen LogP contribution in [-0.2, 0) is 24.1 Å². The number of carbonyl (C=O) groups excluding carboxylic acids is 1. The molecule has 1 heterocycles. The van der Waals surface area contributed by atoms with E-state index in [1.165, 1.54) is 49.2 Å². The van der Waals surface area contributed by atoms with Crippen molar-refractivity contribution in [3.63, 3.8) is 0 Å². The number of benzene rings is 1. The molecular formula is C22H26Cl2N2O2. The average molecular weight is 421 g/mol. The lowest BCUT2D eigenvalue weighted by Gasteiger charge is -2.17. The maximum absolute atomic E-state index is 12.3. The molecule has 0 aliphatic heterocycles. The summed E-state index contributed by atoms with van der Waals surface area (Å²) in [5.41, 5.74) is 3.14. The highest BCUT2D eigenvalue weighted by atomic mass is 35.5. The number of rotatable bonds is 8. The Morgan fingerprint density at radius 3 is 2.57 bits per heavy atom. The third kappa shape index (κ3) is 5.39. The molecule has 1 amide bonds. The first kappa shape index (κ1) is 20.9. The lowest BCUT2D eigenvalue weighted by molar-refractivity contribution is -0.120. The zero-order valence-electron chi connectivity index (χ0n) is 16.1. The summed E-state index contributed by atoms with van der Waals surface area (Å²) in [5.74, 6) is 1.59. The second kappa shape index (κ2) is 10.1. The second-order valence-corrected chi connectivity index (χ2v) is 8.13. The van der Waals surface area contributed by atoms with E-state index in [0.29, 0.717) is 22.2 Å². The molecule has 0 saturated heterocycles. The summed E-state index contributed by atoms with van der Waals surface area (Å²) in [6, 6.07) is 6.18. The van der Waals surface area contributed by atoms with E-state index in [9.17, 15) is 4.79 Å². The predicted molar refractivity (Wildman–Crippen MR) is 113 cm³/mol. The second-order valence-electron chi connectivity index (χ2n) is 7.31. The highest BCUT2D eigenvalue weighted by molar-refractivity contribution is 6.36. The SMILES string of the molecule is COc1cccc(CCNC(=O)Cc2c(Cl)cncc2Cl)c1CC1CCCC1. The minimum Gasteiger partial charge on any atom is -0.496 e. The molecule has 0 unspecified atom stereocenters. The largest absolute Gasteiger partial charge is 0.496 e. The Balaban J connectivity index is 1.60. The average Bonchev–Trinajstić information content (AvgIpc) is 3.19. The maximum Gasteiger partial charge on any atom is 0.224 e. The fourth-order valence-corrected chi connectivity index (χ4v) is 4.44. The fraction of sp³-hybridized carbons (Fsp3) is 0.455. The molecule has 1 aromatic heterocycles. The summed E-state index contributed by atoms with van der Waals surface area (Å²) in [6.45, 7) is 0.560. The number of ether oxygens (including phenoxy) is 1. The molecule has 6 heteroatoms. The number of halogens is 2. The molecule has 4 nitrogen and oxygen atoms in total. The van der Waals surface area contributed by atoms with Crippen LogP contribution in [0.1, 0.15) is 42.4 Å². The van der Waals surface area contributed by atoms with Gasteiger partial charge < -0.3 is 10.1 Å². The molecule has 0 bridgehead atoms. The molecule has 1 aromatic carbocycles. The lowest BCUT2D eigenvalue weighted by Crippen LogP contribution is -2.27. The van der Waals surface area contributed by atoms with E-state index in [1.807, 2.05) is 12.1 Å². The number of carbonyl (C=O) groups is 1. The molecule has 1 fully saturated rings. The smallest absolute Gasteiger partial charge is 0.224 e. The summed E-state index contributed by atoms with van der Waals surface area (Å²) in [7, 11) is 1.72. The van der Waals surface area contributed by atoms with E-state index in [-0.39, 0.29) is 12.3 Å². The number of aromatic nitrogens is 1. The Kier molecular flexibility index (Phi) is 7.57. The van der Waals surface area contributed by atoms with Crippen molar-refractivity contribution in [1.82, 2.24) is 10.3 Å². The van der Waals surface area contributed by atoms with Gasteiger partial charge in [0, 0.05) is 24.5 Å². The van der Waals surface area contributed by atoms with Gasteiger partial charge in [0.1, 0.15) is 5.75 Å². The van der Waals surface area contributed by atoms with Crippen LogP contribution in [0.5, 0.6) is 5.75 Å². The van der Waals surface area contributed by atoms with E-state index in [2.05, 4.69) is 16.4 Å². The van der Waals surface area contributed by atoms with Gasteiger partial charge in [-0.25, -0.2) is 0 Å². The number of methoxy groups -OCH3 is 1. The predicted octanol–water partition coefficient (Wildman–Crippen LogP) is 5.03. The molecular weight excluding hydrogens is 395 g/mol. The molecule has 1 N–H and O–H groups in total. The Labute approximate surface area is 176 Å². The molecule has 28 heavy (non-hydrogen) atoms. The summed E-state index contributed by atoms with van der Waals surface area (Å²) in [6.07, 6.45) is 10.2. The van der Waals surface area contributed by atoms with E-state index >= 15 is 0 Å². The molecule has 0 radical (unpaired) electrons. The summed E-state index contributed by atoms with van der Waals surface area (Å²) in [5, 5.41) is 3.80. The standard InChI is InChI=1S/C22H26Cl2N2O2/c1-28-21-8-4-7-16(17(21)11-15-5-2-3-6-15)9-10-26-22(27)12-18-19(23)13-25-14-20(18)24/h4,7-8,13-15H,2-3,5-6,9-12H2,1H3,(H,26,27). The number of amides is 1. The monoisotopic (exact) mass is 420 g/mol. The van der Waals surface area contributed by atoms with Crippen molar-refractivity contribution in [1.29, 1.82) is 0 Å². The van der Waals surface area contributed by atoms with Gasteiger partial charge in [-0.05, 0) is 36.0 Å². The van der Waals surface area contributed by atoms with Crippen molar-refractivity contribution >= 4 is 29.1 Å². The Hall–Kier alpha value is -1.78. The molecule has 2 aromatic rings. The van der Waals surface area contributed by atoms with Crippen LogP contribution in [0, 0.1) is 5.92 Å². The van der Waals surface area contributed by atoms with Crippen LogP contribution >= 0.6 is 23.2 Å². The van der Waals surface area contributed by atoms with Gasteiger partial charge in [0.25, 0.3) is 0 Å². The van der Waals surface area contributed by atoms with Gasteiger partial charge >= 0.3 is 0 Å². The first-order chi connectivity index (χ1) is 13.6. The van der Waals surface area contributed by atoms with E-state index in [0.717, 1.165) is 24.5 Å². The van der Waals surface area contributed by atoms with E-state index in [1.54, 1.807) is 7.11 Å². The molecule has 1 aliphatic rings. The number of nitrogens with zero attached hydrogens (tertiary/aromatic N) is 1. The first-order valence-electron chi connectivity index (χ1n) is 9.77. The summed E-state index contributed by atoms with van der Waals surface area (Å²) in [4.78, 5) is 16.2. The molecule has 1 saturated carbocycles. The first-order valence-corrected chi connectivity index (χ1v) is 10.5. The van der Waals surface area contributed by atoms with Crippen molar-refractivity contribution in [2.24, 2.45) is 5.92 Å². The third-order valence-electron chi connectivity index (χ3n) is 5.42. The van der Waals surface area contributed by atoms with E-state index in [4.69, 9.17) is 27.9 Å². The number of hydrogen-bond acceptors (Lipinski definition) is 3. The zero-order chi connectivity index (χ0) is 19.9. The summed E-state index contributed by atoms with van der Waals surface area (Å²) < 4.78 is 5.61. The van der Waals surface area contributed by atoms with Gasteiger partial charge in [-0.15, -0.1) is 0 Å². The molecule has 3 rings (SSSR count). The molecule has 0 atom stereocenters. The van der Waals surface area contributed by atoms with Gasteiger partial charge in [0.2, 0.25) is 5.91 Å². The Morgan fingerprint density at radius 2 is 1.89 bits per heavy atom. The van der Waals surface area contributed by atoms with Crippen molar-refractivity contribution in [2.75, 3.05) is 13.7 Å². The van der Waals surface area contributed by atoms with Crippen LogP contribution in [0.4, 0.5) is 0 Å². The van der Waals surface area contributed by atoms with Crippen LogP contribution in [0.2, 0.25) is 10.0 Å². The van der Waals surface area contributed by atoms with Crippen molar-refractivity contribution in [3.8, 4) is 5.75 Å². The number of hydrogen-bond donors (Lipinski definition) is 1. The van der Waals surface area contributed by atoms with Crippen molar-refractivity contribution in [3.05, 3.63) is 57.3 Å². The number of pyridine rings is 1. The van der Waals surface area contributed by atoms with Gasteiger partial charge in [-0.3, -0.25) is 9.78 Å². The van der Waals surface area contributed by atoms with Gasteiger partial charge in [0.15, 0.2) is 0 Å². The normalized spacial score (nSPS) is 14.2. The van der Waals surface area contributed by atoms with Crippen LogP contribution < -0.4 is 10.1 Å². The highest BCUT2D eigenvalue weighted by Crippen LogP contribution is 2.33. The van der Waals surface area contributed by atoms with Crippen molar-refractivity contribution < 1.29 is 9.53 Å². The fourth-order valence-electron chi connectivity index (χ4n) is 3.94. The van der Waals surface area contributed by atoms with Crippen molar-refractivity contribution in [2.45, 2.75) is 44.9 Å². The topological polar surface area (TPSA) is 51.2 Å². The minimum absolute atomic E-state index is 0.102. The summed E-state index contributed by atoms with van der Waals surface area (Å²) >= 11 is 12.2. The van der Waals surface area contributed by atoms with Crippen LogP contribution in [0.25, 0.3) is 0 Å². The van der Waals surface area contributed by atoms with Crippen LogP contribution in [-0.4, -0.2) is 24.5 Å². The molecule has 0 spiro atoms. The molecule has 1 aliphatic carbocycles. The van der Waals surface area contributed by atoms with Gasteiger partial charge in [-0.2, -0.15) is 0 Å². The Bertz CT molecular complexity index is 800. The van der Waals surface area contributed by atoms with Gasteiger partial charge in [-0.1, -0.05) is 61.0 Å². The maximum atomic E-state index is 12.3. The third-order valence-corrected chi connectivity index (χ3v) is 6.08. The lowest BCUT2D eigenvalue weighted by atomic mass is 9.92. The Morgan fingerprint density at radius 1 is 1.18 bits per heavy atom. The number of nitrogens with one attached hydrogen (secondary N) is 1.